The molecule has 0 radical (unpaired) electrons. The largest absolute Gasteiger partial charge is 0.426 e. The van der Waals surface area contributed by atoms with E-state index < -0.39 is 0 Å². The third-order valence-corrected chi connectivity index (χ3v) is 3.37. The molecule has 0 bridgehead atoms. The Bertz CT molecular complexity index is 771. The van der Waals surface area contributed by atoms with Gasteiger partial charge in [-0.2, -0.15) is 5.26 Å². The van der Waals surface area contributed by atoms with E-state index in [0.717, 1.165) is 11.1 Å². The molecule has 0 saturated heterocycles. The Kier molecular flexibility index (Phi) is 5.56. The summed E-state index contributed by atoms with van der Waals surface area (Å²) in [4.78, 5) is 11.5. The lowest BCUT2D eigenvalue weighted by atomic mass is 10.0. The van der Waals surface area contributed by atoms with Gasteiger partial charge in [-0.25, -0.2) is 0 Å². The Hall–Kier alpha value is -2.57. The van der Waals surface area contributed by atoms with Gasteiger partial charge in [0.05, 0.1) is 17.6 Å². The number of rotatable bonds is 4. The maximum Gasteiger partial charge on any atom is 0.313 e. The Balaban J connectivity index is 2.21. The van der Waals surface area contributed by atoms with Crippen LogP contribution in [0.5, 0.6) is 5.75 Å². The molecular formula is C19H16ClNO2. The first-order chi connectivity index (χ1) is 11.0. The molecule has 2 aromatic rings. The molecule has 2 rings (SSSR count). The van der Waals surface area contributed by atoms with Crippen LogP contribution in [0.2, 0.25) is 5.02 Å². The number of allylic oxidation sites excluding steroid dienone is 1. The van der Waals surface area contributed by atoms with Crippen molar-refractivity contribution in [1.82, 2.24) is 0 Å². The molecule has 0 aliphatic heterocycles. The van der Waals surface area contributed by atoms with Crippen molar-refractivity contribution in [3.63, 3.8) is 0 Å². The standard InChI is InChI=1S/C19H16ClNO2/c1-13(2)19(22)23-18-8-6-14(7-9-18)10-16(12-21)15-4-3-5-17(20)11-15/h3-11,13H,1-2H3/b16-10-. The van der Waals surface area contributed by atoms with Crippen LogP contribution in [0.3, 0.4) is 0 Å². The quantitative estimate of drug-likeness (QED) is 0.345. The minimum atomic E-state index is -0.273. The van der Waals surface area contributed by atoms with Gasteiger partial charge in [0, 0.05) is 5.02 Å². The van der Waals surface area contributed by atoms with Gasteiger partial charge in [-0.15, -0.1) is 0 Å². The zero-order valence-corrected chi connectivity index (χ0v) is 13.7. The molecule has 0 heterocycles. The molecule has 0 N–H and O–H groups in total. The Labute approximate surface area is 140 Å². The highest BCUT2D eigenvalue weighted by molar-refractivity contribution is 6.30. The van der Waals surface area contributed by atoms with Crippen molar-refractivity contribution < 1.29 is 9.53 Å². The van der Waals surface area contributed by atoms with E-state index in [-0.39, 0.29) is 11.9 Å². The minimum absolute atomic E-state index is 0.178. The fourth-order valence-electron chi connectivity index (χ4n) is 1.87. The highest BCUT2D eigenvalue weighted by Gasteiger charge is 2.09. The van der Waals surface area contributed by atoms with Gasteiger partial charge in [0.15, 0.2) is 0 Å². The van der Waals surface area contributed by atoms with E-state index in [2.05, 4.69) is 6.07 Å². The number of hydrogen-bond acceptors (Lipinski definition) is 3. The summed E-state index contributed by atoms with van der Waals surface area (Å²) in [6.07, 6.45) is 1.76. The maximum atomic E-state index is 11.5. The van der Waals surface area contributed by atoms with E-state index in [0.29, 0.717) is 16.3 Å². The minimum Gasteiger partial charge on any atom is -0.426 e. The molecule has 0 amide bonds. The van der Waals surface area contributed by atoms with Gasteiger partial charge in [-0.1, -0.05) is 49.7 Å². The molecule has 0 aromatic heterocycles. The smallest absolute Gasteiger partial charge is 0.313 e. The molecule has 116 valence electrons. The lowest BCUT2D eigenvalue weighted by molar-refractivity contribution is -0.137. The fraction of sp³-hybridized carbons (Fsp3) is 0.158. The molecule has 0 spiro atoms. The Morgan fingerprint density at radius 1 is 1.22 bits per heavy atom. The zero-order chi connectivity index (χ0) is 16.8. The van der Waals surface area contributed by atoms with E-state index in [1.807, 2.05) is 6.07 Å². The molecule has 3 nitrogen and oxygen atoms in total. The number of hydrogen-bond donors (Lipinski definition) is 0. The van der Waals surface area contributed by atoms with Crippen molar-refractivity contribution in [2.24, 2.45) is 5.92 Å². The van der Waals surface area contributed by atoms with E-state index in [9.17, 15) is 10.1 Å². The third kappa shape index (κ3) is 4.70. The summed E-state index contributed by atoms with van der Waals surface area (Å²) in [7, 11) is 0. The molecule has 0 atom stereocenters. The van der Waals surface area contributed by atoms with Crippen LogP contribution >= 0.6 is 11.6 Å². The number of carbonyl (C=O) groups excluding carboxylic acids is 1. The number of nitriles is 1. The summed E-state index contributed by atoms with van der Waals surface area (Å²) < 4.78 is 5.22. The van der Waals surface area contributed by atoms with Crippen LogP contribution in [0.1, 0.15) is 25.0 Å². The first-order valence-corrected chi connectivity index (χ1v) is 7.57. The first-order valence-electron chi connectivity index (χ1n) is 7.19. The van der Waals surface area contributed by atoms with Crippen molar-refractivity contribution in [2.45, 2.75) is 13.8 Å². The monoisotopic (exact) mass is 325 g/mol. The molecule has 23 heavy (non-hydrogen) atoms. The summed E-state index contributed by atoms with van der Waals surface area (Å²) in [6, 6.07) is 16.3. The molecule has 0 fully saturated rings. The predicted molar refractivity (Wildman–Crippen MR) is 91.9 cm³/mol. The zero-order valence-electron chi connectivity index (χ0n) is 12.9. The van der Waals surface area contributed by atoms with Crippen molar-refractivity contribution in [1.29, 1.82) is 5.26 Å². The van der Waals surface area contributed by atoms with Crippen molar-refractivity contribution >= 4 is 29.2 Å². The van der Waals surface area contributed by atoms with Crippen LogP contribution in [0.15, 0.2) is 48.5 Å². The average molecular weight is 326 g/mol. The van der Waals surface area contributed by atoms with E-state index in [1.165, 1.54) is 0 Å². The van der Waals surface area contributed by atoms with Gasteiger partial charge in [0.1, 0.15) is 5.75 Å². The molecule has 0 aliphatic rings. The average Bonchev–Trinajstić information content (AvgIpc) is 2.54. The number of carbonyl (C=O) groups is 1. The second-order valence-corrected chi connectivity index (χ2v) is 5.76. The SMILES string of the molecule is CC(C)C(=O)Oc1ccc(/C=C(/C#N)c2cccc(Cl)c2)cc1. The number of ether oxygens (including phenoxy) is 1. The molecule has 0 aliphatic carbocycles. The normalized spacial score (nSPS) is 11.2. The lowest BCUT2D eigenvalue weighted by Gasteiger charge is -2.06. The van der Waals surface area contributed by atoms with Gasteiger partial charge >= 0.3 is 5.97 Å². The number of esters is 1. The summed E-state index contributed by atoms with van der Waals surface area (Å²) in [6.45, 7) is 3.56. The number of halogens is 1. The molecule has 2 aromatic carbocycles. The van der Waals surface area contributed by atoms with Crippen molar-refractivity contribution in [3.05, 3.63) is 64.7 Å². The molecule has 4 heteroatoms. The fourth-order valence-corrected chi connectivity index (χ4v) is 2.06. The van der Waals surface area contributed by atoms with Crippen molar-refractivity contribution in [2.75, 3.05) is 0 Å². The molecule has 0 unspecified atom stereocenters. The maximum absolute atomic E-state index is 11.5. The van der Waals surface area contributed by atoms with E-state index in [4.69, 9.17) is 16.3 Å². The second-order valence-electron chi connectivity index (χ2n) is 5.32. The van der Waals surface area contributed by atoms with E-state index >= 15 is 0 Å². The van der Waals surface area contributed by atoms with Gasteiger partial charge in [0.25, 0.3) is 0 Å². The molecule has 0 saturated carbocycles. The Morgan fingerprint density at radius 2 is 1.91 bits per heavy atom. The first kappa shape index (κ1) is 16.8. The van der Waals surface area contributed by atoms with Crippen LogP contribution in [0, 0.1) is 17.2 Å². The van der Waals surface area contributed by atoms with Gasteiger partial charge in [0.2, 0.25) is 0 Å². The Morgan fingerprint density at radius 3 is 2.48 bits per heavy atom. The molecular weight excluding hydrogens is 310 g/mol. The van der Waals surface area contributed by atoms with Crippen LogP contribution in [-0.2, 0) is 4.79 Å². The topological polar surface area (TPSA) is 50.1 Å². The predicted octanol–water partition coefficient (Wildman–Crippen LogP) is 4.97. The second kappa shape index (κ2) is 7.62. The van der Waals surface area contributed by atoms with E-state index in [1.54, 1.807) is 62.4 Å². The van der Waals surface area contributed by atoms with Crippen LogP contribution in [-0.4, -0.2) is 5.97 Å². The lowest BCUT2D eigenvalue weighted by Crippen LogP contribution is -2.14. The van der Waals surface area contributed by atoms with Gasteiger partial charge in [-0.05, 0) is 41.5 Å². The van der Waals surface area contributed by atoms with Crippen LogP contribution in [0.4, 0.5) is 0 Å². The summed E-state index contributed by atoms with van der Waals surface area (Å²) in [5.41, 5.74) is 2.11. The number of nitrogens with zero attached hydrogens (tertiary/aromatic N) is 1. The number of benzene rings is 2. The highest BCUT2D eigenvalue weighted by Crippen LogP contribution is 2.22. The van der Waals surface area contributed by atoms with Gasteiger partial charge < -0.3 is 4.74 Å². The summed E-state index contributed by atoms with van der Waals surface area (Å²) in [5, 5.41) is 9.92. The van der Waals surface area contributed by atoms with Gasteiger partial charge in [-0.3, -0.25) is 4.79 Å². The van der Waals surface area contributed by atoms with Crippen LogP contribution < -0.4 is 4.74 Å². The third-order valence-electron chi connectivity index (χ3n) is 3.14. The summed E-state index contributed by atoms with van der Waals surface area (Å²) >= 11 is 5.96. The summed E-state index contributed by atoms with van der Waals surface area (Å²) in [5.74, 6) is 0.0367. The van der Waals surface area contributed by atoms with Crippen LogP contribution in [0.25, 0.3) is 11.6 Å². The highest BCUT2D eigenvalue weighted by atomic mass is 35.5. The van der Waals surface area contributed by atoms with Crippen molar-refractivity contribution in [3.8, 4) is 11.8 Å².